The van der Waals surface area contributed by atoms with Crippen LogP contribution in [-0.2, 0) is 39.1 Å². The molecule has 0 aromatic carbocycles. The molecule has 0 aromatic heterocycles. The van der Waals surface area contributed by atoms with Crippen LogP contribution in [0.4, 0.5) is 0 Å². The van der Waals surface area contributed by atoms with Crippen molar-refractivity contribution in [3.63, 3.8) is 0 Å². The van der Waals surface area contributed by atoms with Gasteiger partial charge in [-0.1, -0.05) is 0 Å². The summed E-state index contributed by atoms with van der Waals surface area (Å²) in [5.41, 5.74) is 0. The molecule has 0 rings (SSSR count). The smallest absolute Gasteiger partial charge is 0.346 e. The Kier molecular flexibility index (Phi) is 2420. The van der Waals surface area contributed by atoms with Gasteiger partial charge in [0, 0.05) is 17.4 Å². The zero-order valence-corrected chi connectivity index (χ0v) is 10.6. The number of rotatable bonds is 0. The predicted octanol–water partition coefficient (Wildman–Crippen LogP) is 3.36. The third-order valence-electron chi connectivity index (χ3n) is 0. The van der Waals surface area contributed by atoms with Crippen molar-refractivity contribution in [1.82, 2.24) is 0 Å². The van der Waals surface area contributed by atoms with Gasteiger partial charge in [-0.05, 0) is 0 Å². The van der Waals surface area contributed by atoms with E-state index in [2.05, 4.69) is 27.7 Å². The minimum atomic E-state index is 0. The van der Waals surface area contributed by atoms with Crippen LogP contribution in [-0.4, -0.2) is 0 Å². The second-order valence-corrected chi connectivity index (χ2v) is 0. The number of hydrogen-bond donors (Lipinski definition) is 0. The quantitative estimate of drug-likeness (QED) is 0.430. The first kappa shape index (κ1) is 42.9. The van der Waals surface area contributed by atoms with Crippen molar-refractivity contribution < 1.29 is 39.1 Å². The van der Waals surface area contributed by atoms with Gasteiger partial charge in [-0.3, -0.25) is 0 Å². The molecule has 0 atom stereocenters. The van der Waals surface area contributed by atoms with E-state index in [1.165, 1.54) is 0 Å². The third-order valence-corrected chi connectivity index (χ3v) is 0. The summed E-state index contributed by atoms with van der Waals surface area (Å²) in [5.74, 6) is 0. The zero-order chi connectivity index (χ0) is 8.00. The molecule has 0 saturated heterocycles. The molecule has 0 aliphatic carbocycles. The topological polar surface area (TPSA) is 0 Å². The van der Waals surface area contributed by atoms with E-state index >= 15 is 0 Å². The molecule has 0 heterocycles. The van der Waals surface area contributed by atoms with Gasteiger partial charge in [0.15, 0.2) is 0 Å². The Morgan fingerprint density at radius 1 is 0.500 bits per heavy atom. The van der Waals surface area contributed by atoms with Crippen LogP contribution in [0.25, 0.3) is 0 Å². The summed E-state index contributed by atoms with van der Waals surface area (Å²) in [6.45, 7) is 20.0. The van der Waals surface area contributed by atoms with E-state index in [0.717, 1.165) is 0 Å². The normalized spacial score (nSPS) is 2.40. The Balaban J connectivity index is -0.00000000500. The molecule has 0 aliphatic heterocycles. The standard InChI is InChI=1S/4C2H5.Cr.Ti/c4*1-2;;/h4*1H2,2H3;;/q4*-1;;+4. The largest absolute Gasteiger partial charge is 4.00 e. The maximum absolute atomic E-state index is 3.25. The molecule has 0 aliphatic rings. The van der Waals surface area contributed by atoms with Gasteiger partial charge >= 0.3 is 21.7 Å². The van der Waals surface area contributed by atoms with Crippen molar-refractivity contribution >= 4 is 0 Å². The van der Waals surface area contributed by atoms with Crippen molar-refractivity contribution in [1.29, 1.82) is 0 Å². The van der Waals surface area contributed by atoms with E-state index in [9.17, 15) is 0 Å². The molecule has 10 heavy (non-hydrogen) atoms. The molecule has 62 valence electrons. The van der Waals surface area contributed by atoms with Gasteiger partial charge in [0.2, 0.25) is 0 Å². The monoisotopic (exact) mass is 216 g/mol. The van der Waals surface area contributed by atoms with Crippen LogP contribution in [0.3, 0.4) is 0 Å². The van der Waals surface area contributed by atoms with Gasteiger partial charge in [-0.2, -0.15) is 27.7 Å². The molecule has 0 bridgehead atoms. The average Bonchev–Trinajstić information content (AvgIpc) is 2.03. The Hall–Kier alpha value is 1.25. The maximum Gasteiger partial charge on any atom is 4.00 e. The molecule has 0 aromatic rings. The summed E-state index contributed by atoms with van der Waals surface area (Å²) in [6.07, 6.45) is 0. The van der Waals surface area contributed by atoms with Crippen molar-refractivity contribution in [2.75, 3.05) is 0 Å². The first-order chi connectivity index (χ1) is 4.00. The van der Waals surface area contributed by atoms with Gasteiger partial charge in [0.1, 0.15) is 0 Å². The fraction of sp³-hybridized carbons (Fsp3) is 0.500. The maximum atomic E-state index is 3.25. The van der Waals surface area contributed by atoms with Crippen molar-refractivity contribution in [3.8, 4) is 0 Å². The van der Waals surface area contributed by atoms with Gasteiger partial charge < -0.3 is 27.7 Å². The molecule has 2 heteroatoms. The Labute approximate surface area is 94.2 Å². The Morgan fingerprint density at radius 3 is 0.500 bits per heavy atom. The van der Waals surface area contributed by atoms with Crippen LogP contribution >= 0.6 is 0 Å². The molecule has 0 spiro atoms. The Bertz CT molecular complexity index is 9.22. The summed E-state index contributed by atoms with van der Waals surface area (Å²) in [5, 5.41) is 0. The molecule has 0 saturated carbocycles. The Morgan fingerprint density at radius 2 is 0.500 bits per heavy atom. The summed E-state index contributed by atoms with van der Waals surface area (Å²) in [7, 11) is 0. The van der Waals surface area contributed by atoms with E-state index in [4.69, 9.17) is 0 Å². The molecular formula is C8H20CrTi. The van der Waals surface area contributed by atoms with E-state index in [-0.39, 0.29) is 39.1 Å². The van der Waals surface area contributed by atoms with Crippen LogP contribution < -0.4 is 0 Å². The summed E-state index contributed by atoms with van der Waals surface area (Å²) < 4.78 is 0. The molecule has 0 unspecified atom stereocenters. The summed E-state index contributed by atoms with van der Waals surface area (Å²) in [6, 6.07) is 0. The predicted molar refractivity (Wildman–Crippen MR) is 44.1 cm³/mol. The van der Waals surface area contributed by atoms with Gasteiger partial charge in [0.05, 0.1) is 0 Å². The van der Waals surface area contributed by atoms with E-state index < -0.39 is 0 Å². The third kappa shape index (κ3) is 405. The fourth-order valence-corrected chi connectivity index (χ4v) is 0. The molecule has 0 amide bonds. The molecular weight excluding hydrogens is 196 g/mol. The van der Waals surface area contributed by atoms with Gasteiger partial charge in [-0.25, -0.2) is 0 Å². The first-order valence-corrected chi connectivity index (χ1v) is 2.83. The van der Waals surface area contributed by atoms with E-state index in [1.54, 1.807) is 27.7 Å². The number of hydrogen-bond acceptors (Lipinski definition) is 0. The zero-order valence-electron chi connectivity index (χ0n) is 7.74. The van der Waals surface area contributed by atoms with E-state index in [0.29, 0.717) is 0 Å². The molecule has 0 N–H and O–H groups in total. The summed E-state index contributed by atoms with van der Waals surface area (Å²) in [4.78, 5) is 0. The van der Waals surface area contributed by atoms with Crippen LogP contribution in [0.15, 0.2) is 0 Å². The van der Waals surface area contributed by atoms with Crippen molar-refractivity contribution in [2.24, 2.45) is 0 Å². The molecule has 0 radical (unpaired) electrons. The average molecular weight is 216 g/mol. The summed E-state index contributed by atoms with van der Waals surface area (Å²) >= 11 is 0. The molecule has 0 fully saturated rings. The van der Waals surface area contributed by atoms with Crippen LogP contribution in [0.2, 0.25) is 0 Å². The van der Waals surface area contributed by atoms with Gasteiger partial charge in [0.25, 0.3) is 0 Å². The SMILES string of the molecule is [CH2-]C.[CH2-]C.[CH2-]C.[CH2-]C.[Cr].[Ti+4]. The van der Waals surface area contributed by atoms with Crippen LogP contribution in [0, 0.1) is 27.7 Å². The fourth-order valence-electron chi connectivity index (χ4n) is 0. The van der Waals surface area contributed by atoms with Gasteiger partial charge in [-0.15, -0.1) is 0 Å². The molecule has 0 nitrogen and oxygen atoms in total. The van der Waals surface area contributed by atoms with Crippen molar-refractivity contribution in [2.45, 2.75) is 27.7 Å². The van der Waals surface area contributed by atoms with E-state index in [1.807, 2.05) is 0 Å². The van der Waals surface area contributed by atoms with Crippen LogP contribution in [0.1, 0.15) is 27.7 Å². The van der Waals surface area contributed by atoms with Crippen LogP contribution in [0.5, 0.6) is 0 Å². The minimum Gasteiger partial charge on any atom is -0.346 e. The minimum absolute atomic E-state index is 0. The first-order valence-electron chi connectivity index (χ1n) is 2.83. The second-order valence-electron chi connectivity index (χ2n) is 0. The second kappa shape index (κ2) is 564. The van der Waals surface area contributed by atoms with Crippen molar-refractivity contribution in [3.05, 3.63) is 27.7 Å².